The maximum Gasteiger partial charge on any atom is 0.136 e. The molecule has 0 saturated carbocycles. The summed E-state index contributed by atoms with van der Waals surface area (Å²) in [6, 6.07) is 97.6. The standard InChI is InChI=1S/C74H44O2/c1-2-15-45(16-3-1)46-29-31-48(32-30-46)71-59-22-6-7-23-60(59)72(51-35-37-56-54-20-10-12-27-67(54)75-69(56)43-51)65-41-49(33-39-63(65)71)50-34-40-64-66(42-50)73(52-36-38-57-55-21-11-13-28-68(55)76-70(57)44-52)61-24-8-9-25-62(61)74(64)58-26-14-18-47-17-4-5-19-53(47)58/h1-44H. The van der Waals surface area contributed by atoms with E-state index in [1.165, 1.54) is 98.4 Å². The Kier molecular flexibility index (Phi) is 9.37. The number of hydrogen-bond acceptors (Lipinski definition) is 2. The predicted molar refractivity (Wildman–Crippen MR) is 321 cm³/mol. The second kappa shape index (κ2) is 16.8. The third kappa shape index (κ3) is 6.54. The van der Waals surface area contributed by atoms with Gasteiger partial charge in [-0.1, -0.05) is 218 Å². The third-order valence-electron chi connectivity index (χ3n) is 16.1. The summed E-state index contributed by atoms with van der Waals surface area (Å²) in [5.74, 6) is 0. The molecule has 0 fully saturated rings. The first-order valence-corrected chi connectivity index (χ1v) is 26.1. The van der Waals surface area contributed by atoms with Crippen LogP contribution in [0.1, 0.15) is 0 Å². The van der Waals surface area contributed by atoms with Crippen LogP contribution in [0.5, 0.6) is 0 Å². The van der Waals surface area contributed by atoms with Crippen molar-refractivity contribution in [2.75, 3.05) is 0 Å². The summed E-state index contributed by atoms with van der Waals surface area (Å²) >= 11 is 0. The maximum atomic E-state index is 6.59. The first-order valence-electron chi connectivity index (χ1n) is 26.1. The van der Waals surface area contributed by atoms with Gasteiger partial charge >= 0.3 is 0 Å². The zero-order valence-electron chi connectivity index (χ0n) is 41.2. The van der Waals surface area contributed by atoms with Gasteiger partial charge in [0.1, 0.15) is 22.3 Å². The molecule has 0 bridgehead atoms. The Morgan fingerprint density at radius 3 is 1.09 bits per heavy atom. The van der Waals surface area contributed by atoms with Gasteiger partial charge in [-0.15, -0.1) is 0 Å². The molecule has 0 saturated heterocycles. The lowest BCUT2D eigenvalue weighted by molar-refractivity contribution is 0.668. The number of fused-ring (bicyclic) bond motifs is 11. The highest BCUT2D eigenvalue weighted by molar-refractivity contribution is 6.26. The molecule has 0 unspecified atom stereocenters. The first-order chi connectivity index (χ1) is 37.7. The van der Waals surface area contributed by atoms with Gasteiger partial charge in [-0.3, -0.25) is 0 Å². The summed E-state index contributed by atoms with van der Waals surface area (Å²) in [5.41, 5.74) is 17.7. The smallest absolute Gasteiger partial charge is 0.136 e. The second-order valence-electron chi connectivity index (χ2n) is 20.2. The van der Waals surface area contributed by atoms with Crippen LogP contribution in [0.25, 0.3) is 165 Å². The quantitative estimate of drug-likeness (QED) is 0.155. The normalized spacial score (nSPS) is 11.9. The number of furan rings is 2. The Bertz CT molecular complexity index is 5030. The lowest BCUT2D eigenvalue weighted by Crippen LogP contribution is -1.93. The van der Waals surface area contributed by atoms with E-state index in [2.05, 4.69) is 255 Å². The Morgan fingerprint density at radius 2 is 0.526 bits per heavy atom. The fourth-order valence-electron chi connectivity index (χ4n) is 12.6. The van der Waals surface area contributed by atoms with Gasteiger partial charge in [-0.2, -0.15) is 0 Å². The van der Waals surface area contributed by atoms with Gasteiger partial charge in [0.15, 0.2) is 0 Å². The predicted octanol–water partition coefficient (Wildman–Crippen LogP) is 21.3. The van der Waals surface area contributed by atoms with Crippen molar-refractivity contribution in [2.45, 2.75) is 0 Å². The monoisotopic (exact) mass is 964 g/mol. The van der Waals surface area contributed by atoms with Crippen LogP contribution in [-0.2, 0) is 0 Å². The van der Waals surface area contributed by atoms with Crippen molar-refractivity contribution in [1.29, 1.82) is 0 Å². The van der Waals surface area contributed by atoms with E-state index in [1.54, 1.807) is 0 Å². The Balaban J connectivity index is 0.976. The lowest BCUT2D eigenvalue weighted by atomic mass is 9.82. The Hall–Kier alpha value is -10.0. The minimum Gasteiger partial charge on any atom is -0.456 e. The zero-order valence-corrected chi connectivity index (χ0v) is 41.2. The molecule has 2 heteroatoms. The van der Waals surface area contributed by atoms with E-state index < -0.39 is 0 Å². The van der Waals surface area contributed by atoms with E-state index in [-0.39, 0.29) is 0 Å². The minimum atomic E-state index is 0.879. The minimum absolute atomic E-state index is 0.879. The highest BCUT2D eigenvalue weighted by Gasteiger charge is 2.23. The van der Waals surface area contributed by atoms with Crippen LogP contribution in [0.3, 0.4) is 0 Å². The molecule has 76 heavy (non-hydrogen) atoms. The largest absolute Gasteiger partial charge is 0.456 e. The molecule has 352 valence electrons. The van der Waals surface area contributed by atoms with Gasteiger partial charge in [-0.05, 0) is 169 Å². The maximum absolute atomic E-state index is 6.59. The van der Waals surface area contributed by atoms with Gasteiger partial charge in [0.2, 0.25) is 0 Å². The van der Waals surface area contributed by atoms with Crippen molar-refractivity contribution >= 4 is 97.7 Å². The molecule has 0 amide bonds. The Morgan fingerprint density at radius 1 is 0.171 bits per heavy atom. The van der Waals surface area contributed by atoms with Crippen LogP contribution in [0.2, 0.25) is 0 Å². The van der Waals surface area contributed by atoms with Crippen LogP contribution in [0, 0.1) is 0 Å². The second-order valence-corrected chi connectivity index (χ2v) is 20.2. The molecule has 16 aromatic rings. The highest BCUT2D eigenvalue weighted by Crippen LogP contribution is 2.50. The summed E-state index contributed by atoms with van der Waals surface area (Å²) in [4.78, 5) is 0. The van der Waals surface area contributed by atoms with Gasteiger partial charge in [0, 0.05) is 21.5 Å². The van der Waals surface area contributed by atoms with E-state index >= 15 is 0 Å². The molecule has 0 aliphatic heterocycles. The molecule has 2 aromatic heterocycles. The summed E-state index contributed by atoms with van der Waals surface area (Å²) in [6.45, 7) is 0. The third-order valence-corrected chi connectivity index (χ3v) is 16.1. The molecule has 0 N–H and O–H groups in total. The highest BCUT2D eigenvalue weighted by atomic mass is 16.3. The molecular formula is C74H44O2. The van der Waals surface area contributed by atoms with E-state index in [4.69, 9.17) is 8.83 Å². The average Bonchev–Trinajstić information content (AvgIpc) is 4.10. The van der Waals surface area contributed by atoms with Crippen molar-refractivity contribution in [3.8, 4) is 66.8 Å². The molecule has 0 atom stereocenters. The number of rotatable bonds is 6. The van der Waals surface area contributed by atoms with Crippen molar-refractivity contribution in [3.05, 3.63) is 267 Å². The van der Waals surface area contributed by atoms with E-state index in [1.807, 2.05) is 12.1 Å². The van der Waals surface area contributed by atoms with E-state index in [9.17, 15) is 0 Å². The summed E-state index contributed by atoms with van der Waals surface area (Å²) in [5, 5.41) is 16.5. The van der Waals surface area contributed by atoms with E-state index in [0.29, 0.717) is 0 Å². The lowest BCUT2D eigenvalue weighted by Gasteiger charge is -2.20. The van der Waals surface area contributed by atoms with Crippen LogP contribution >= 0.6 is 0 Å². The fraction of sp³-hybridized carbons (Fsp3) is 0. The molecule has 16 rings (SSSR count). The van der Waals surface area contributed by atoms with Crippen LogP contribution in [0.15, 0.2) is 276 Å². The topological polar surface area (TPSA) is 26.3 Å². The van der Waals surface area contributed by atoms with Crippen molar-refractivity contribution < 1.29 is 8.83 Å². The van der Waals surface area contributed by atoms with Crippen molar-refractivity contribution in [1.82, 2.24) is 0 Å². The summed E-state index contributed by atoms with van der Waals surface area (Å²) in [7, 11) is 0. The zero-order chi connectivity index (χ0) is 49.8. The number of hydrogen-bond donors (Lipinski definition) is 0. The molecule has 0 spiro atoms. The average molecular weight is 965 g/mol. The number of para-hydroxylation sites is 2. The first kappa shape index (κ1) is 42.5. The van der Waals surface area contributed by atoms with Crippen LogP contribution < -0.4 is 0 Å². The molecule has 0 radical (unpaired) electrons. The van der Waals surface area contributed by atoms with Crippen molar-refractivity contribution in [2.24, 2.45) is 0 Å². The molecule has 2 nitrogen and oxygen atoms in total. The molecule has 2 heterocycles. The van der Waals surface area contributed by atoms with Gasteiger partial charge in [0.25, 0.3) is 0 Å². The molecule has 0 aliphatic carbocycles. The van der Waals surface area contributed by atoms with Crippen LogP contribution in [-0.4, -0.2) is 0 Å². The molecule has 14 aromatic carbocycles. The summed E-state index contributed by atoms with van der Waals surface area (Å²) < 4.78 is 13.2. The SMILES string of the molecule is c1ccc(-c2ccc(-c3c4ccccc4c(-c4ccc5c(c4)oc4ccccc45)c4cc(-c5ccc6c(-c7cccc8ccccc78)c7ccccc7c(-c7ccc8c(c7)oc7ccccc78)c6c5)ccc34)cc2)cc1. The fourth-order valence-corrected chi connectivity index (χ4v) is 12.6. The van der Waals surface area contributed by atoms with Gasteiger partial charge in [-0.25, -0.2) is 0 Å². The molecule has 0 aliphatic rings. The van der Waals surface area contributed by atoms with Crippen LogP contribution in [0.4, 0.5) is 0 Å². The summed E-state index contributed by atoms with van der Waals surface area (Å²) in [6.07, 6.45) is 0. The van der Waals surface area contributed by atoms with Crippen molar-refractivity contribution in [3.63, 3.8) is 0 Å². The van der Waals surface area contributed by atoms with Gasteiger partial charge in [0.05, 0.1) is 0 Å². The Labute approximate surface area is 437 Å². The van der Waals surface area contributed by atoms with E-state index in [0.717, 1.165) is 66.1 Å². The van der Waals surface area contributed by atoms with Gasteiger partial charge < -0.3 is 8.83 Å². The molecular weight excluding hydrogens is 921 g/mol. The number of benzene rings is 14.